The van der Waals surface area contributed by atoms with Crippen molar-refractivity contribution in [2.45, 2.75) is 13.0 Å². The van der Waals surface area contributed by atoms with Gasteiger partial charge in [0.1, 0.15) is 5.10 Å². The highest BCUT2D eigenvalue weighted by atomic mass is 16.7. The first-order valence-corrected chi connectivity index (χ1v) is 11.3. The van der Waals surface area contributed by atoms with E-state index in [1.54, 1.807) is 36.7 Å². The van der Waals surface area contributed by atoms with Gasteiger partial charge < -0.3 is 32.1 Å². The van der Waals surface area contributed by atoms with Crippen LogP contribution in [0.3, 0.4) is 0 Å². The summed E-state index contributed by atoms with van der Waals surface area (Å²) in [5.74, 6) is -1.30. The van der Waals surface area contributed by atoms with E-state index >= 15 is 0 Å². The van der Waals surface area contributed by atoms with Crippen molar-refractivity contribution >= 4 is 62.1 Å². The number of anilines is 2. The summed E-state index contributed by atoms with van der Waals surface area (Å²) in [7, 11) is 0. The number of nitrogens with two attached hydrogens (primary N) is 3. The molecule has 0 saturated heterocycles. The molecule has 2 aromatic heterocycles. The molecule has 13 heteroatoms. The summed E-state index contributed by atoms with van der Waals surface area (Å²) in [6.07, 6.45) is 4.03. The minimum Gasteiger partial charge on any atom is -0.399 e. The standard InChI is InChI=1S/C24H23N9O4/c25-12-2-4-18-14(8-12)16(10-29-18)20-21(23(35)30-22(20)34)17-11-32(19-5-3-13(26)9-15(17)19)7-1-6-28-24(27)31-33(36)37/h2-5,8-11,29H,1,6-7,25-26H2,(H3,27,28,31)(H,30,34,35). The molecule has 0 spiro atoms. The Morgan fingerprint density at radius 1 is 1.03 bits per heavy atom. The zero-order chi connectivity index (χ0) is 26.3. The molecule has 2 amide bonds. The van der Waals surface area contributed by atoms with Crippen molar-refractivity contribution in [1.29, 1.82) is 0 Å². The van der Waals surface area contributed by atoms with Crippen molar-refractivity contribution in [2.24, 2.45) is 10.8 Å². The summed E-state index contributed by atoms with van der Waals surface area (Å²) < 4.78 is 1.93. The molecule has 0 bridgehead atoms. The van der Waals surface area contributed by atoms with Crippen molar-refractivity contribution in [3.05, 3.63) is 70.0 Å². The number of aromatic amines is 1. The van der Waals surface area contributed by atoms with Crippen LogP contribution in [0.15, 0.2) is 53.9 Å². The number of amides is 2. The molecule has 5 rings (SSSR count). The zero-order valence-electron chi connectivity index (χ0n) is 19.4. The van der Waals surface area contributed by atoms with E-state index < -0.39 is 16.8 Å². The Labute approximate surface area is 209 Å². The number of guanidine groups is 1. The molecule has 0 aliphatic carbocycles. The van der Waals surface area contributed by atoms with E-state index in [1.807, 2.05) is 16.7 Å². The Morgan fingerprint density at radius 2 is 1.70 bits per heavy atom. The van der Waals surface area contributed by atoms with Gasteiger partial charge in [0, 0.05) is 69.8 Å². The third-order valence-corrected chi connectivity index (χ3v) is 6.15. The molecule has 188 valence electrons. The molecule has 13 nitrogen and oxygen atoms in total. The molecule has 37 heavy (non-hydrogen) atoms. The fraction of sp³-hybridized carbons (Fsp3) is 0.125. The van der Waals surface area contributed by atoms with Gasteiger partial charge in [0.2, 0.25) is 0 Å². The maximum absolute atomic E-state index is 13.1. The average Bonchev–Trinajstić information content (AvgIpc) is 3.48. The third kappa shape index (κ3) is 4.29. The molecule has 0 saturated carbocycles. The van der Waals surface area contributed by atoms with E-state index in [1.165, 1.54) is 0 Å². The normalized spacial score (nSPS) is 14.1. The van der Waals surface area contributed by atoms with Crippen LogP contribution in [0.1, 0.15) is 17.5 Å². The van der Waals surface area contributed by atoms with Crippen LogP contribution >= 0.6 is 0 Å². The van der Waals surface area contributed by atoms with Crippen LogP contribution < -0.4 is 27.8 Å². The molecule has 1 aliphatic heterocycles. The number of nitro groups is 1. The fourth-order valence-electron chi connectivity index (χ4n) is 4.60. The van der Waals surface area contributed by atoms with E-state index in [2.05, 4.69) is 20.7 Å². The monoisotopic (exact) mass is 501 g/mol. The number of hydrogen-bond acceptors (Lipinski definition) is 6. The van der Waals surface area contributed by atoms with Gasteiger partial charge in [-0.25, -0.2) is 10.1 Å². The van der Waals surface area contributed by atoms with E-state index in [0.717, 1.165) is 16.4 Å². The van der Waals surface area contributed by atoms with Crippen molar-refractivity contribution in [1.82, 2.24) is 20.2 Å². The van der Waals surface area contributed by atoms with Crippen LogP contribution in [0.25, 0.3) is 33.0 Å². The lowest BCUT2D eigenvalue weighted by Gasteiger charge is -2.06. The molecule has 0 fully saturated rings. The van der Waals surface area contributed by atoms with Gasteiger partial charge in [-0.1, -0.05) is 0 Å². The largest absolute Gasteiger partial charge is 0.399 e. The third-order valence-electron chi connectivity index (χ3n) is 6.15. The minimum atomic E-state index is -0.875. The van der Waals surface area contributed by atoms with Crippen LogP contribution in [0.4, 0.5) is 11.4 Å². The van der Waals surface area contributed by atoms with Crippen LogP contribution in [-0.4, -0.2) is 38.9 Å². The quantitative estimate of drug-likeness (QED) is 0.0412. The number of nitrogens with one attached hydrogen (secondary N) is 3. The Bertz CT molecular complexity index is 1660. The molecular weight excluding hydrogens is 478 g/mol. The second-order valence-electron chi connectivity index (χ2n) is 8.56. The number of aromatic nitrogens is 2. The summed E-state index contributed by atoms with van der Waals surface area (Å²) in [6, 6.07) is 10.7. The van der Waals surface area contributed by atoms with Crippen LogP contribution in [0.5, 0.6) is 0 Å². The molecule has 0 atom stereocenters. The predicted octanol–water partition coefficient (Wildman–Crippen LogP) is 1.34. The molecule has 1 aliphatic rings. The molecule has 0 radical (unpaired) electrons. The van der Waals surface area contributed by atoms with Gasteiger partial charge in [0.25, 0.3) is 17.8 Å². The van der Waals surface area contributed by atoms with E-state index in [9.17, 15) is 19.7 Å². The number of nitrogen functional groups attached to an aromatic ring is 2. The first kappa shape index (κ1) is 23.4. The van der Waals surface area contributed by atoms with E-state index in [-0.39, 0.29) is 17.1 Å². The maximum Gasteiger partial charge on any atom is 0.266 e. The van der Waals surface area contributed by atoms with Gasteiger partial charge in [0.05, 0.1) is 11.1 Å². The van der Waals surface area contributed by atoms with E-state index in [0.29, 0.717) is 47.4 Å². The van der Waals surface area contributed by atoms with Crippen molar-refractivity contribution < 1.29 is 14.6 Å². The lowest BCUT2D eigenvalue weighted by molar-refractivity contribution is -0.485. The van der Waals surface area contributed by atoms with Crippen molar-refractivity contribution in [3.8, 4) is 0 Å². The zero-order valence-corrected chi connectivity index (χ0v) is 19.4. The van der Waals surface area contributed by atoms with Gasteiger partial charge in [-0.2, -0.15) is 0 Å². The number of imide groups is 1. The van der Waals surface area contributed by atoms with Crippen LogP contribution in [-0.2, 0) is 16.1 Å². The second-order valence-corrected chi connectivity index (χ2v) is 8.56. The van der Waals surface area contributed by atoms with Crippen molar-refractivity contribution in [3.63, 3.8) is 0 Å². The number of H-pyrrole nitrogens is 1. The van der Waals surface area contributed by atoms with Crippen LogP contribution in [0, 0.1) is 10.1 Å². The van der Waals surface area contributed by atoms with Gasteiger partial charge >= 0.3 is 0 Å². The Kier molecular flexibility index (Phi) is 5.72. The number of hydrazone groups is 1. The van der Waals surface area contributed by atoms with Crippen molar-refractivity contribution in [2.75, 3.05) is 18.0 Å². The van der Waals surface area contributed by atoms with Gasteiger partial charge in [-0.15, -0.1) is 0 Å². The maximum atomic E-state index is 13.1. The first-order valence-electron chi connectivity index (χ1n) is 11.3. The summed E-state index contributed by atoms with van der Waals surface area (Å²) in [4.78, 5) is 39.7. The number of carbonyl (C=O) groups is 2. The SMILES string of the molecule is NC(=N[N+](=O)[O-])NCCCn1cc(C2=C(c3c[nH]c4ccc(N)cc34)C(=O)NC2=O)c2cc(N)ccc21. The highest BCUT2D eigenvalue weighted by Gasteiger charge is 2.35. The minimum absolute atomic E-state index is 0.239. The van der Waals surface area contributed by atoms with E-state index in [4.69, 9.17) is 17.2 Å². The molecule has 2 aromatic carbocycles. The Hall–Kier alpha value is -5.33. The number of aryl methyl sites for hydroxylation is 1. The Morgan fingerprint density at radius 3 is 2.43 bits per heavy atom. The lowest BCUT2D eigenvalue weighted by Crippen LogP contribution is -2.33. The fourth-order valence-corrected chi connectivity index (χ4v) is 4.60. The van der Waals surface area contributed by atoms with Gasteiger partial charge in [0.15, 0.2) is 5.03 Å². The Balaban J connectivity index is 1.58. The highest BCUT2D eigenvalue weighted by molar-refractivity contribution is 6.50. The van der Waals surface area contributed by atoms with Gasteiger partial charge in [-0.3, -0.25) is 14.9 Å². The predicted molar refractivity (Wildman–Crippen MR) is 140 cm³/mol. The number of nitrogens with zero attached hydrogens (tertiary/aromatic N) is 3. The molecular formula is C24H23N9O4. The van der Waals surface area contributed by atoms with Crippen LogP contribution in [0.2, 0.25) is 0 Å². The summed E-state index contributed by atoms with van der Waals surface area (Å²) in [6.45, 7) is 0.817. The number of rotatable bonds is 7. The topological polar surface area (TPSA) is 212 Å². The summed E-state index contributed by atoms with van der Waals surface area (Å²) in [5.41, 5.74) is 21.8. The molecule has 9 N–H and O–H groups in total. The first-order chi connectivity index (χ1) is 17.7. The second kappa shape index (κ2) is 9.03. The number of hydrogen-bond donors (Lipinski definition) is 6. The lowest BCUT2D eigenvalue weighted by atomic mass is 9.95. The smallest absolute Gasteiger partial charge is 0.266 e. The summed E-state index contributed by atoms with van der Waals surface area (Å²) >= 11 is 0. The number of benzene rings is 2. The molecule has 0 unspecified atom stereocenters. The highest BCUT2D eigenvalue weighted by Crippen LogP contribution is 2.39. The number of carbonyl (C=O) groups excluding carboxylic acids is 2. The summed E-state index contributed by atoms with van der Waals surface area (Å²) in [5, 5.41) is 19.1. The number of fused-ring (bicyclic) bond motifs is 2. The molecule has 4 aromatic rings. The average molecular weight is 502 g/mol. The van der Waals surface area contributed by atoms with Gasteiger partial charge in [-0.05, 0) is 42.8 Å². The molecule has 3 heterocycles.